The molecule has 0 spiro atoms. The number of hydrogen-bond donors (Lipinski definition) is 2. The summed E-state index contributed by atoms with van der Waals surface area (Å²) in [7, 11) is -3.65. The van der Waals surface area contributed by atoms with Gasteiger partial charge < -0.3 is 10.1 Å². The van der Waals surface area contributed by atoms with E-state index in [1.807, 2.05) is 0 Å². The van der Waals surface area contributed by atoms with Crippen molar-refractivity contribution in [3.05, 3.63) is 29.6 Å². The highest BCUT2D eigenvalue weighted by atomic mass is 32.2. The third-order valence-corrected chi connectivity index (χ3v) is 7.69. The molecule has 1 aliphatic heterocycles. The van der Waals surface area contributed by atoms with Crippen LogP contribution in [0.5, 0.6) is 0 Å². The molecule has 0 saturated carbocycles. The molecule has 1 unspecified atom stereocenters. The minimum absolute atomic E-state index is 0.195. The molecule has 1 saturated heterocycles. The van der Waals surface area contributed by atoms with E-state index >= 15 is 0 Å². The Morgan fingerprint density at radius 3 is 2.80 bits per heavy atom. The average Bonchev–Trinajstić information content (AvgIpc) is 3.17. The smallest absolute Gasteiger partial charge is 0.243 e. The van der Waals surface area contributed by atoms with Gasteiger partial charge in [0.15, 0.2) is 0 Å². The molecular formula is C19H27N5O4S2. The van der Waals surface area contributed by atoms with Crippen molar-refractivity contribution in [2.24, 2.45) is 0 Å². The molecule has 0 radical (unpaired) electrons. The molecule has 1 fully saturated rings. The second-order valence-corrected chi connectivity index (χ2v) is 10.3. The standard InChI is InChI=1S/C19H27N5O4S2/c1-4-5-17-21-19(23-22-17)29-14(3)18(25)20-15-7-6-13(2)16(12-15)30(26,27)24-8-10-28-11-9-24/h6-7,12,14H,4-5,8-11H2,1-3H3,(H,20,25)(H,21,22,23). The van der Waals surface area contributed by atoms with Crippen molar-refractivity contribution in [2.75, 3.05) is 31.6 Å². The first-order chi connectivity index (χ1) is 14.3. The van der Waals surface area contributed by atoms with E-state index in [0.717, 1.165) is 18.7 Å². The van der Waals surface area contributed by atoms with Gasteiger partial charge in [-0.25, -0.2) is 13.4 Å². The normalized spacial score (nSPS) is 16.4. The molecule has 0 bridgehead atoms. The van der Waals surface area contributed by atoms with Crippen molar-refractivity contribution in [3.8, 4) is 0 Å². The van der Waals surface area contributed by atoms with Crippen LogP contribution in [-0.2, 0) is 26.0 Å². The Kier molecular flexibility index (Phi) is 7.50. The molecule has 2 N–H and O–H groups in total. The Labute approximate surface area is 181 Å². The lowest BCUT2D eigenvalue weighted by atomic mass is 10.2. The molecule has 2 heterocycles. The number of hydrogen-bond acceptors (Lipinski definition) is 7. The zero-order valence-corrected chi connectivity index (χ0v) is 19.0. The second-order valence-electron chi connectivity index (χ2n) is 7.06. The van der Waals surface area contributed by atoms with Crippen LogP contribution in [0.1, 0.15) is 31.7 Å². The van der Waals surface area contributed by atoms with E-state index in [2.05, 4.69) is 27.4 Å². The predicted molar refractivity (Wildman–Crippen MR) is 115 cm³/mol. The molecule has 9 nitrogen and oxygen atoms in total. The van der Waals surface area contributed by atoms with Gasteiger partial charge in [-0.05, 0) is 38.0 Å². The van der Waals surface area contributed by atoms with Gasteiger partial charge in [-0.2, -0.15) is 4.31 Å². The third kappa shape index (κ3) is 5.39. The lowest BCUT2D eigenvalue weighted by molar-refractivity contribution is -0.115. The Morgan fingerprint density at radius 2 is 2.10 bits per heavy atom. The van der Waals surface area contributed by atoms with Gasteiger partial charge in [0.2, 0.25) is 21.1 Å². The number of nitrogens with zero attached hydrogens (tertiary/aromatic N) is 3. The lowest BCUT2D eigenvalue weighted by Gasteiger charge is -2.27. The third-order valence-electron chi connectivity index (χ3n) is 4.69. The van der Waals surface area contributed by atoms with Gasteiger partial charge in [0.1, 0.15) is 5.82 Å². The summed E-state index contributed by atoms with van der Waals surface area (Å²) in [5.41, 5.74) is 1.07. The quantitative estimate of drug-likeness (QED) is 0.589. The first kappa shape index (κ1) is 22.7. The van der Waals surface area contributed by atoms with Crippen molar-refractivity contribution < 1.29 is 17.9 Å². The molecule has 1 aromatic carbocycles. The van der Waals surface area contributed by atoms with Crippen LogP contribution in [0, 0.1) is 6.92 Å². The van der Waals surface area contributed by atoms with Crippen LogP contribution in [0.2, 0.25) is 0 Å². The van der Waals surface area contributed by atoms with Gasteiger partial charge >= 0.3 is 0 Å². The van der Waals surface area contributed by atoms with E-state index in [-0.39, 0.29) is 10.8 Å². The van der Waals surface area contributed by atoms with Crippen LogP contribution in [0.4, 0.5) is 5.69 Å². The van der Waals surface area contributed by atoms with Crippen LogP contribution in [0.3, 0.4) is 0 Å². The van der Waals surface area contributed by atoms with Crippen LogP contribution < -0.4 is 5.32 Å². The topological polar surface area (TPSA) is 117 Å². The maximum Gasteiger partial charge on any atom is 0.243 e. The van der Waals surface area contributed by atoms with Crippen molar-refractivity contribution in [1.29, 1.82) is 0 Å². The van der Waals surface area contributed by atoms with Gasteiger partial charge in [0, 0.05) is 25.2 Å². The number of aromatic amines is 1. The minimum Gasteiger partial charge on any atom is -0.379 e. The Bertz CT molecular complexity index is 987. The molecule has 1 aromatic heterocycles. The maximum absolute atomic E-state index is 13.0. The minimum atomic E-state index is -3.65. The zero-order valence-electron chi connectivity index (χ0n) is 17.3. The lowest BCUT2D eigenvalue weighted by Crippen LogP contribution is -2.40. The fourth-order valence-corrected chi connectivity index (χ4v) is 5.42. The first-order valence-electron chi connectivity index (χ1n) is 9.88. The number of ether oxygens (including phenoxy) is 1. The summed E-state index contributed by atoms with van der Waals surface area (Å²) in [6.07, 6.45) is 1.76. The van der Waals surface area contributed by atoms with Crippen LogP contribution >= 0.6 is 11.8 Å². The Morgan fingerprint density at radius 1 is 1.37 bits per heavy atom. The SMILES string of the molecule is CCCc1nc(SC(C)C(=O)Nc2ccc(C)c(S(=O)(=O)N3CCOCC3)c2)n[nH]1. The Balaban J connectivity index is 1.70. The molecule has 11 heteroatoms. The largest absolute Gasteiger partial charge is 0.379 e. The summed E-state index contributed by atoms with van der Waals surface area (Å²) in [6, 6.07) is 4.92. The molecule has 1 amide bonds. The van der Waals surface area contributed by atoms with E-state index in [9.17, 15) is 13.2 Å². The summed E-state index contributed by atoms with van der Waals surface area (Å²) in [4.78, 5) is 17.2. The number of aryl methyl sites for hydroxylation is 2. The van der Waals surface area contributed by atoms with Gasteiger partial charge in [0.05, 0.1) is 23.4 Å². The van der Waals surface area contributed by atoms with Crippen molar-refractivity contribution in [2.45, 2.75) is 48.9 Å². The fraction of sp³-hybridized carbons (Fsp3) is 0.526. The highest BCUT2D eigenvalue weighted by Crippen LogP contribution is 2.26. The number of morpholine rings is 1. The Hall–Kier alpha value is -1.95. The first-order valence-corrected chi connectivity index (χ1v) is 12.2. The molecule has 1 aliphatic rings. The monoisotopic (exact) mass is 453 g/mol. The van der Waals surface area contributed by atoms with E-state index in [0.29, 0.717) is 42.7 Å². The zero-order chi connectivity index (χ0) is 21.7. The second kappa shape index (κ2) is 9.90. The maximum atomic E-state index is 13.0. The van der Waals surface area contributed by atoms with E-state index in [1.54, 1.807) is 26.0 Å². The number of H-pyrrole nitrogens is 1. The van der Waals surface area contributed by atoms with Crippen molar-refractivity contribution >= 4 is 33.4 Å². The number of aromatic nitrogens is 3. The van der Waals surface area contributed by atoms with Gasteiger partial charge in [-0.15, -0.1) is 5.10 Å². The van der Waals surface area contributed by atoms with Crippen LogP contribution in [-0.4, -0.2) is 65.4 Å². The number of nitrogens with one attached hydrogen (secondary N) is 2. The number of anilines is 1. The highest BCUT2D eigenvalue weighted by Gasteiger charge is 2.28. The predicted octanol–water partition coefficient (Wildman–Crippen LogP) is 2.21. The van der Waals surface area contributed by atoms with E-state index in [1.165, 1.54) is 22.1 Å². The van der Waals surface area contributed by atoms with E-state index < -0.39 is 15.3 Å². The molecule has 164 valence electrons. The van der Waals surface area contributed by atoms with Gasteiger partial charge in [-0.1, -0.05) is 24.8 Å². The summed E-state index contributed by atoms with van der Waals surface area (Å²) < 4.78 is 32.7. The summed E-state index contributed by atoms with van der Waals surface area (Å²) in [6.45, 7) is 6.96. The molecule has 1 atom stereocenters. The number of rotatable bonds is 8. The highest BCUT2D eigenvalue weighted by molar-refractivity contribution is 8.00. The van der Waals surface area contributed by atoms with Gasteiger partial charge in [0.25, 0.3) is 0 Å². The van der Waals surface area contributed by atoms with Gasteiger partial charge in [-0.3, -0.25) is 9.89 Å². The molecule has 30 heavy (non-hydrogen) atoms. The van der Waals surface area contributed by atoms with Crippen molar-refractivity contribution in [3.63, 3.8) is 0 Å². The number of carbonyl (C=O) groups is 1. The number of amides is 1. The molecule has 3 rings (SSSR count). The summed E-state index contributed by atoms with van der Waals surface area (Å²) in [5.74, 6) is 0.546. The number of carbonyl (C=O) groups excluding carboxylic acids is 1. The molecular weight excluding hydrogens is 426 g/mol. The number of sulfonamides is 1. The summed E-state index contributed by atoms with van der Waals surface area (Å²) in [5, 5.41) is 9.86. The van der Waals surface area contributed by atoms with E-state index in [4.69, 9.17) is 4.74 Å². The average molecular weight is 454 g/mol. The number of thioether (sulfide) groups is 1. The molecule has 0 aliphatic carbocycles. The van der Waals surface area contributed by atoms with Crippen LogP contribution in [0.15, 0.2) is 28.3 Å². The fourth-order valence-electron chi connectivity index (χ4n) is 3.02. The molecule has 2 aromatic rings. The summed E-state index contributed by atoms with van der Waals surface area (Å²) >= 11 is 1.25. The van der Waals surface area contributed by atoms with Crippen molar-refractivity contribution in [1.82, 2.24) is 19.5 Å². The number of benzene rings is 1. The van der Waals surface area contributed by atoms with Crippen LogP contribution in [0.25, 0.3) is 0 Å².